The van der Waals surface area contributed by atoms with Crippen LogP contribution in [0.1, 0.15) is 17.0 Å². The molecule has 4 nitrogen and oxygen atoms in total. The molecule has 0 radical (unpaired) electrons. The number of fused-ring (bicyclic) bond motifs is 1. The highest BCUT2D eigenvalue weighted by Gasteiger charge is 2.13. The van der Waals surface area contributed by atoms with Gasteiger partial charge in [-0.2, -0.15) is 9.61 Å². The van der Waals surface area contributed by atoms with Gasteiger partial charge in [-0.1, -0.05) is 71.5 Å². The summed E-state index contributed by atoms with van der Waals surface area (Å²) in [7, 11) is 0. The lowest BCUT2D eigenvalue weighted by atomic mass is 10.1. The van der Waals surface area contributed by atoms with Gasteiger partial charge in [0.05, 0.1) is 0 Å². The van der Waals surface area contributed by atoms with Crippen LogP contribution in [0.15, 0.2) is 54.6 Å². The summed E-state index contributed by atoms with van der Waals surface area (Å²) in [5.74, 6) is 0.872. The summed E-state index contributed by atoms with van der Waals surface area (Å²) in [5, 5.41) is 14.2. The molecule has 0 saturated carbocycles. The average Bonchev–Trinajstić information content (AvgIpc) is 3.12. The van der Waals surface area contributed by atoms with Crippen LogP contribution in [-0.2, 0) is 6.42 Å². The Kier molecular flexibility index (Phi) is 3.20. The van der Waals surface area contributed by atoms with Crippen LogP contribution in [0.2, 0.25) is 0 Å². The van der Waals surface area contributed by atoms with Crippen molar-refractivity contribution >= 4 is 16.3 Å². The maximum atomic E-state index is 4.67. The molecule has 0 amide bonds. The summed E-state index contributed by atoms with van der Waals surface area (Å²) in [6.07, 6.45) is 0.736. The van der Waals surface area contributed by atoms with Crippen molar-refractivity contribution < 1.29 is 0 Å². The topological polar surface area (TPSA) is 43.1 Å². The fourth-order valence-electron chi connectivity index (χ4n) is 2.35. The van der Waals surface area contributed by atoms with Gasteiger partial charge in [0, 0.05) is 12.0 Å². The molecule has 0 saturated heterocycles. The Labute approximate surface area is 132 Å². The summed E-state index contributed by atoms with van der Waals surface area (Å²) in [6.45, 7) is 2.09. The molecule has 0 bridgehead atoms. The lowest BCUT2D eigenvalue weighted by Gasteiger charge is -1.99. The Hall–Kier alpha value is -2.53. The standard InChI is InChI=1S/C17H14N4S/c1-12-7-9-13(10-8-12)11-15-18-19-17-21(15)20-16(22-17)14-5-3-2-4-6-14/h2-10H,11H2,1H3. The first-order valence-corrected chi connectivity index (χ1v) is 7.93. The highest BCUT2D eigenvalue weighted by molar-refractivity contribution is 7.19. The van der Waals surface area contributed by atoms with Gasteiger partial charge >= 0.3 is 0 Å². The van der Waals surface area contributed by atoms with E-state index in [4.69, 9.17) is 0 Å². The largest absolute Gasteiger partial charge is 0.234 e. The van der Waals surface area contributed by atoms with Crippen LogP contribution in [-0.4, -0.2) is 19.8 Å². The van der Waals surface area contributed by atoms with Gasteiger partial charge in [-0.05, 0) is 12.5 Å². The van der Waals surface area contributed by atoms with E-state index >= 15 is 0 Å². The molecule has 4 aromatic rings. The van der Waals surface area contributed by atoms with E-state index in [1.54, 1.807) is 11.3 Å². The molecule has 0 unspecified atom stereocenters. The van der Waals surface area contributed by atoms with E-state index in [0.717, 1.165) is 27.8 Å². The van der Waals surface area contributed by atoms with Gasteiger partial charge in [0.1, 0.15) is 5.01 Å². The number of hydrogen-bond donors (Lipinski definition) is 0. The lowest BCUT2D eigenvalue weighted by molar-refractivity contribution is 0.854. The molecule has 108 valence electrons. The first-order valence-electron chi connectivity index (χ1n) is 7.12. The molecular weight excluding hydrogens is 292 g/mol. The smallest absolute Gasteiger partial charge is 0.187 e. The van der Waals surface area contributed by atoms with Gasteiger partial charge in [0.25, 0.3) is 0 Å². The molecule has 0 aliphatic carbocycles. The number of aryl methyl sites for hydroxylation is 1. The molecule has 22 heavy (non-hydrogen) atoms. The van der Waals surface area contributed by atoms with Crippen molar-refractivity contribution in [3.63, 3.8) is 0 Å². The fraction of sp³-hybridized carbons (Fsp3) is 0.118. The Morgan fingerprint density at radius 2 is 1.73 bits per heavy atom. The van der Waals surface area contributed by atoms with Crippen molar-refractivity contribution in [2.24, 2.45) is 0 Å². The predicted molar refractivity (Wildman–Crippen MR) is 88.1 cm³/mol. The molecule has 0 N–H and O–H groups in total. The minimum absolute atomic E-state index is 0.736. The summed E-state index contributed by atoms with van der Waals surface area (Å²) < 4.78 is 1.85. The third kappa shape index (κ3) is 2.40. The van der Waals surface area contributed by atoms with Crippen molar-refractivity contribution in [3.05, 3.63) is 71.5 Å². The number of aromatic nitrogens is 4. The van der Waals surface area contributed by atoms with Crippen LogP contribution in [0.4, 0.5) is 0 Å². The second kappa shape index (κ2) is 5.35. The first kappa shape index (κ1) is 13.2. The molecule has 0 aliphatic rings. The fourth-order valence-corrected chi connectivity index (χ4v) is 3.22. The quantitative estimate of drug-likeness (QED) is 0.579. The van der Waals surface area contributed by atoms with Crippen LogP contribution < -0.4 is 0 Å². The zero-order valence-corrected chi connectivity index (χ0v) is 12.9. The average molecular weight is 306 g/mol. The highest BCUT2D eigenvalue weighted by atomic mass is 32.1. The summed E-state index contributed by atoms with van der Waals surface area (Å²) in [6, 6.07) is 18.6. The summed E-state index contributed by atoms with van der Waals surface area (Å²) in [5.41, 5.74) is 3.59. The van der Waals surface area contributed by atoms with E-state index in [2.05, 4.69) is 58.6 Å². The second-order valence-corrected chi connectivity index (χ2v) is 6.20. The van der Waals surface area contributed by atoms with Crippen molar-refractivity contribution in [1.29, 1.82) is 0 Å². The van der Waals surface area contributed by atoms with Crippen LogP contribution in [0.25, 0.3) is 15.5 Å². The van der Waals surface area contributed by atoms with Crippen molar-refractivity contribution in [2.45, 2.75) is 13.3 Å². The number of rotatable bonds is 3. The molecular formula is C17H14N4S. The van der Waals surface area contributed by atoms with Crippen LogP contribution in [0.5, 0.6) is 0 Å². The van der Waals surface area contributed by atoms with Crippen LogP contribution in [0, 0.1) is 6.92 Å². The van der Waals surface area contributed by atoms with E-state index in [1.807, 2.05) is 22.7 Å². The van der Waals surface area contributed by atoms with E-state index in [1.165, 1.54) is 11.1 Å². The van der Waals surface area contributed by atoms with E-state index in [-0.39, 0.29) is 0 Å². The van der Waals surface area contributed by atoms with Gasteiger partial charge in [-0.25, -0.2) is 0 Å². The number of benzene rings is 2. The molecule has 0 atom stereocenters. The molecule has 5 heteroatoms. The van der Waals surface area contributed by atoms with E-state index in [0.29, 0.717) is 0 Å². The summed E-state index contributed by atoms with van der Waals surface area (Å²) >= 11 is 1.56. The van der Waals surface area contributed by atoms with Gasteiger partial charge in [0.2, 0.25) is 4.96 Å². The summed E-state index contributed by atoms with van der Waals surface area (Å²) in [4.78, 5) is 0.834. The highest BCUT2D eigenvalue weighted by Crippen LogP contribution is 2.25. The van der Waals surface area contributed by atoms with E-state index < -0.39 is 0 Å². The second-order valence-electron chi connectivity index (χ2n) is 5.25. The van der Waals surface area contributed by atoms with Crippen molar-refractivity contribution in [3.8, 4) is 10.6 Å². The molecule has 0 aliphatic heterocycles. The molecule has 0 fully saturated rings. The Bertz CT molecular complexity index is 907. The Morgan fingerprint density at radius 1 is 0.955 bits per heavy atom. The minimum atomic E-state index is 0.736. The maximum Gasteiger partial charge on any atom is 0.234 e. The predicted octanol–water partition coefficient (Wildman–Crippen LogP) is 3.75. The first-order chi connectivity index (χ1) is 10.8. The van der Waals surface area contributed by atoms with E-state index in [9.17, 15) is 0 Å². The number of nitrogens with zero attached hydrogens (tertiary/aromatic N) is 4. The van der Waals surface area contributed by atoms with Gasteiger partial charge < -0.3 is 0 Å². The van der Waals surface area contributed by atoms with Crippen LogP contribution in [0.3, 0.4) is 0 Å². The molecule has 2 heterocycles. The maximum absolute atomic E-state index is 4.67. The number of hydrogen-bond acceptors (Lipinski definition) is 4. The third-order valence-corrected chi connectivity index (χ3v) is 4.51. The monoisotopic (exact) mass is 306 g/mol. The third-order valence-electron chi connectivity index (χ3n) is 3.56. The molecule has 2 aromatic heterocycles. The molecule has 4 rings (SSSR count). The van der Waals surface area contributed by atoms with Gasteiger partial charge in [-0.3, -0.25) is 0 Å². The minimum Gasteiger partial charge on any atom is -0.187 e. The Balaban J connectivity index is 1.70. The lowest BCUT2D eigenvalue weighted by Crippen LogP contribution is -1.97. The van der Waals surface area contributed by atoms with Gasteiger partial charge in [-0.15, -0.1) is 10.2 Å². The zero-order chi connectivity index (χ0) is 14.9. The van der Waals surface area contributed by atoms with Crippen LogP contribution >= 0.6 is 11.3 Å². The van der Waals surface area contributed by atoms with Gasteiger partial charge in [0.15, 0.2) is 5.82 Å². The SMILES string of the molecule is Cc1ccc(Cc2nnc3sc(-c4ccccc4)nn23)cc1. The molecule has 2 aromatic carbocycles. The van der Waals surface area contributed by atoms with Crippen molar-refractivity contribution in [2.75, 3.05) is 0 Å². The van der Waals surface area contributed by atoms with Crippen molar-refractivity contribution in [1.82, 2.24) is 19.8 Å². The Morgan fingerprint density at radius 3 is 2.50 bits per heavy atom. The zero-order valence-electron chi connectivity index (χ0n) is 12.1. The normalized spacial score (nSPS) is 11.1. The molecule has 0 spiro atoms.